The van der Waals surface area contributed by atoms with Gasteiger partial charge in [-0.25, -0.2) is 0 Å². The first-order valence-corrected chi connectivity index (χ1v) is 8.21. The van der Waals surface area contributed by atoms with E-state index in [1.165, 1.54) is 5.56 Å². The van der Waals surface area contributed by atoms with Crippen molar-refractivity contribution in [3.8, 4) is 11.5 Å². The number of rotatable bonds is 7. The van der Waals surface area contributed by atoms with Crippen molar-refractivity contribution >= 4 is 17.5 Å². The van der Waals surface area contributed by atoms with Crippen molar-refractivity contribution < 1.29 is 19.1 Å². The van der Waals surface area contributed by atoms with Crippen LogP contribution < -0.4 is 20.1 Å². The van der Waals surface area contributed by atoms with Crippen molar-refractivity contribution in [3.63, 3.8) is 0 Å². The van der Waals surface area contributed by atoms with Crippen molar-refractivity contribution in [2.45, 2.75) is 19.3 Å². The van der Waals surface area contributed by atoms with Gasteiger partial charge in [-0.2, -0.15) is 0 Å². The van der Waals surface area contributed by atoms with Crippen LogP contribution >= 0.6 is 0 Å². The molecule has 0 unspecified atom stereocenters. The third-order valence-corrected chi connectivity index (χ3v) is 3.78. The summed E-state index contributed by atoms with van der Waals surface area (Å²) in [5.41, 5.74) is 1.81. The highest BCUT2D eigenvalue weighted by atomic mass is 16.7. The number of carbonyl (C=O) groups excluding carboxylic acids is 2. The molecule has 0 saturated heterocycles. The maximum absolute atomic E-state index is 11.9. The third-order valence-electron chi connectivity index (χ3n) is 3.78. The van der Waals surface area contributed by atoms with Crippen LogP contribution in [0.1, 0.15) is 18.4 Å². The largest absolute Gasteiger partial charge is 0.454 e. The summed E-state index contributed by atoms with van der Waals surface area (Å²) in [6, 6.07) is 15.2. The SMILES string of the molecule is O=C(CC(=O)Nc1ccc2c(c1)OCO2)NCCCc1ccccc1. The Bertz CT molecular complexity index is 746. The highest BCUT2D eigenvalue weighted by Gasteiger charge is 2.15. The van der Waals surface area contributed by atoms with Gasteiger partial charge in [0.1, 0.15) is 6.42 Å². The van der Waals surface area contributed by atoms with Gasteiger partial charge in [0.15, 0.2) is 11.5 Å². The molecule has 0 aliphatic carbocycles. The minimum absolute atomic E-state index is 0.179. The van der Waals surface area contributed by atoms with Gasteiger partial charge >= 0.3 is 0 Å². The molecule has 2 aromatic carbocycles. The summed E-state index contributed by atoms with van der Waals surface area (Å²) in [5.74, 6) is 0.586. The van der Waals surface area contributed by atoms with E-state index >= 15 is 0 Å². The second-order valence-electron chi connectivity index (χ2n) is 5.73. The molecule has 1 aliphatic heterocycles. The van der Waals surface area contributed by atoms with Crippen LogP contribution in [0.4, 0.5) is 5.69 Å². The number of carbonyl (C=O) groups is 2. The molecule has 0 spiro atoms. The van der Waals surface area contributed by atoms with Gasteiger partial charge in [0.2, 0.25) is 18.6 Å². The molecule has 1 aliphatic rings. The van der Waals surface area contributed by atoms with Crippen LogP contribution in [0.5, 0.6) is 11.5 Å². The molecule has 0 saturated carbocycles. The summed E-state index contributed by atoms with van der Waals surface area (Å²) < 4.78 is 10.5. The molecule has 0 radical (unpaired) electrons. The minimum atomic E-state index is -0.362. The van der Waals surface area contributed by atoms with Crippen LogP contribution in [-0.4, -0.2) is 25.2 Å². The maximum Gasteiger partial charge on any atom is 0.233 e. The van der Waals surface area contributed by atoms with Gasteiger partial charge in [-0.3, -0.25) is 9.59 Å². The predicted molar refractivity (Wildman–Crippen MR) is 93.6 cm³/mol. The number of benzene rings is 2. The number of aryl methyl sites for hydroxylation is 1. The molecule has 0 aromatic heterocycles. The molecular weight excluding hydrogens is 320 g/mol. The number of ether oxygens (including phenoxy) is 2. The average molecular weight is 340 g/mol. The van der Waals surface area contributed by atoms with E-state index < -0.39 is 0 Å². The van der Waals surface area contributed by atoms with E-state index in [2.05, 4.69) is 22.8 Å². The second-order valence-corrected chi connectivity index (χ2v) is 5.73. The minimum Gasteiger partial charge on any atom is -0.454 e. The summed E-state index contributed by atoms with van der Waals surface area (Å²) in [7, 11) is 0. The molecule has 0 fully saturated rings. The lowest BCUT2D eigenvalue weighted by Gasteiger charge is -2.07. The van der Waals surface area contributed by atoms with Gasteiger partial charge in [0.25, 0.3) is 0 Å². The quantitative estimate of drug-likeness (QED) is 0.600. The molecule has 1 heterocycles. The number of amides is 2. The number of fused-ring (bicyclic) bond motifs is 1. The Morgan fingerprint density at radius 1 is 0.960 bits per heavy atom. The van der Waals surface area contributed by atoms with Gasteiger partial charge in [-0.15, -0.1) is 0 Å². The topological polar surface area (TPSA) is 76.7 Å². The van der Waals surface area contributed by atoms with E-state index in [1.807, 2.05) is 18.2 Å². The zero-order valence-electron chi connectivity index (χ0n) is 13.8. The van der Waals surface area contributed by atoms with Gasteiger partial charge in [-0.1, -0.05) is 30.3 Å². The van der Waals surface area contributed by atoms with E-state index in [1.54, 1.807) is 18.2 Å². The number of nitrogens with one attached hydrogen (secondary N) is 2. The Kier molecular flexibility index (Phi) is 5.51. The van der Waals surface area contributed by atoms with Crippen LogP contribution in [0, 0.1) is 0 Å². The molecular formula is C19H20N2O4. The monoisotopic (exact) mass is 340 g/mol. The summed E-state index contributed by atoms with van der Waals surface area (Å²) in [4.78, 5) is 23.8. The molecule has 2 amide bonds. The molecule has 130 valence electrons. The fraction of sp³-hybridized carbons (Fsp3) is 0.263. The van der Waals surface area contributed by atoms with Crippen LogP contribution in [-0.2, 0) is 16.0 Å². The molecule has 6 nitrogen and oxygen atoms in total. The van der Waals surface area contributed by atoms with Crippen molar-refractivity contribution in [3.05, 3.63) is 54.1 Å². The fourth-order valence-electron chi connectivity index (χ4n) is 2.55. The van der Waals surface area contributed by atoms with Crippen LogP contribution in [0.2, 0.25) is 0 Å². The van der Waals surface area contributed by atoms with E-state index in [-0.39, 0.29) is 25.0 Å². The maximum atomic E-state index is 11.9. The third kappa shape index (κ3) is 4.97. The average Bonchev–Trinajstić information content (AvgIpc) is 3.07. The summed E-state index contributed by atoms with van der Waals surface area (Å²) in [6.45, 7) is 0.725. The summed E-state index contributed by atoms with van der Waals surface area (Å²) in [5, 5.41) is 5.45. The van der Waals surface area contributed by atoms with Crippen LogP contribution in [0.25, 0.3) is 0 Å². The Morgan fingerprint density at radius 2 is 1.76 bits per heavy atom. The summed E-state index contributed by atoms with van der Waals surface area (Å²) >= 11 is 0. The fourth-order valence-corrected chi connectivity index (χ4v) is 2.55. The van der Waals surface area contributed by atoms with E-state index in [9.17, 15) is 9.59 Å². The Labute approximate surface area is 146 Å². The molecule has 6 heteroatoms. The number of anilines is 1. The summed E-state index contributed by atoms with van der Waals surface area (Å²) in [6.07, 6.45) is 1.52. The van der Waals surface area contributed by atoms with Crippen LogP contribution in [0.3, 0.4) is 0 Å². The molecule has 2 N–H and O–H groups in total. The van der Waals surface area contributed by atoms with Gasteiger partial charge in [-0.05, 0) is 30.5 Å². The van der Waals surface area contributed by atoms with Crippen molar-refractivity contribution in [2.75, 3.05) is 18.7 Å². The second kappa shape index (κ2) is 8.19. The molecule has 25 heavy (non-hydrogen) atoms. The lowest BCUT2D eigenvalue weighted by molar-refractivity contribution is -0.126. The first kappa shape index (κ1) is 16.8. The van der Waals surface area contributed by atoms with Crippen molar-refractivity contribution in [1.29, 1.82) is 0 Å². The van der Waals surface area contributed by atoms with Crippen molar-refractivity contribution in [1.82, 2.24) is 5.32 Å². The number of hydrogen-bond donors (Lipinski definition) is 2. The van der Waals surface area contributed by atoms with Gasteiger partial charge in [0, 0.05) is 18.3 Å². The Balaban J connectivity index is 1.37. The van der Waals surface area contributed by atoms with E-state index in [0.717, 1.165) is 12.8 Å². The van der Waals surface area contributed by atoms with Crippen LogP contribution in [0.15, 0.2) is 48.5 Å². The van der Waals surface area contributed by atoms with Gasteiger partial charge < -0.3 is 20.1 Å². The molecule has 0 bridgehead atoms. The zero-order chi connectivity index (χ0) is 17.5. The standard InChI is InChI=1S/C19H20N2O4/c22-18(20-10-4-7-14-5-2-1-3-6-14)12-19(23)21-15-8-9-16-17(11-15)25-13-24-16/h1-3,5-6,8-9,11H,4,7,10,12-13H2,(H,20,22)(H,21,23). The number of hydrogen-bond acceptors (Lipinski definition) is 4. The van der Waals surface area contributed by atoms with E-state index in [0.29, 0.717) is 23.7 Å². The normalized spacial score (nSPS) is 11.8. The smallest absolute Gasteiger partial charge is 0.233 e. The molecule has 3 rings (SSSR count). The highest BCUT2D eigenvalue weighted by Crippen LogP contribution is 2.34. The lowest BCUT2D eigenvalue weighted by Crippen LogP contribution is -2.29. The Hall–Kier alpha value is -3.02. The van der Waals surface area contributed by atoms with Gasteiger partial charge in [0.05, 0.1) is 0 Å². The molecule has 0 atom stereocenters. The lowest BCUT2D eigenvalue weighted by atomic mass is 10.1. The first-order chi connectivity index (χ1) is 12.2. The van der Waals surface area contributed by atoms with E-state index in [4.69, 9.17) is 9.47 Å². The predicted octanol–water partition coefficient (Wildman–Crippen LogP) is 2.49. The zero-order valence-corrected chi connectivity index (χ0v) is 13.8. The van der Waals surface area contributed by atoms with Crippen molar-refractivity contribution in [2.24, 2.45) is 0 Å². The Morgan fingerprint density at radius 3 is 2.60 bits per heavy atom. The highest BCUT2D eigenvalue weighted by molar-refractivity contribution is 6.03. The molecule has 2 aromatic rings. The first-order valence-electron chi connectivity index (χ1n) is 8.21.